The van der Waals surface area contributed by atoms with Gasteiger partial charge in [-0.05, 0) is 19.3 Å². The van der Waals surface area contributed by atoms with Crippen molar-refractivity contribution < 1.29 is 18.0 Å². The van der Waals surface area contributed by atoms with E-state index in [-0.39, 0.29) is 35.5 Å². The van der Waals surface area contributed by atoms with Crippen LogP contribution in [0, 0.1) is 0 Å². The number of hydrogen-bond acceptors (Lipinski definition) is 4. The maximum Gasteiger partial charge on any atom is 0.315 e. The van der Waals surface area contributed by atoms with Gasteiger partial charge in [-0.15, -0.1) is 0 Å². The van der Waals surface area contributed by atoms with E-state index in [1.165, 1.54) is 0 Å². The summed E-state index contributed by atoms with van der Waals surface area (Å²) in [7, 11) is -2.98. The second-order valence-corrected chi connectivity index (χ2v) is 7.73. The summed E-state index contributed by atoms with van der Waals surface area (Å²) < 4.78 is 22.6. The van der Waals surface area contributed by atoms with E-state index in [0.717, 1.165) is 12.8 Å². The molecule has 0 unspecified atom stereocenters. The van der Waals surface area contributed by atoms with Gasteiger partial charge in [0.1, 0.15) is 0 Å². The van der Waals surface area contributed by atoms with Gasteiger partial charge >= 0.3 is 6.03 Å². The number of urea groups is 1. The van der Waals surface area contributed by atoms with Gasteiger partial charge < -0.3 is 15.5 Å². The molecule has 0 aromatic rings. The predicted octanol–water partition coefficient (Wildman–Crippen LogP) is -0.516. The zero-order valence-electron chi connectivity index (χ0n) is 11.6. The van der Waals surface area contributed by atoms with E-state index in [4.69, 9.17) is 0 Å². The molecule has 0 aromatic heterocycles. The Morgan fingerprint density at radius 3 is 2.15 bits per heavy atom. The SMILES string of the molecule is CC(=O)N1CCC(NC(=O)N[C@H]2CCS(=O)(=O)C2)CC1. The molecule has 2 rings (SSSR count). The van der Waals surface area contributed by atoms with Crippen LogP contribution in [0.2, 0.25) is 0 Å². The summed E-state index contributed by atoms with van der Waals surface area (Å²) in [6.07, 6.45) is 1.95. The van der Waals surface area contributed by atoms with Crippen LogP contribution in [0.3, 0.4) is 0 Å². The van der Waals surface area contributed by atoms with E-state index >= 15 is 0 Å². The van der Waals surface area contributed by atoms with Gasteiger partial charge in [-0.2, -0.15) is 0 Å². The fourth-order valence-electron chi connectivity index (χ4n) is 2.66. The Labute approximate surface area is 119 Å². The molecule has 0 bridgehead atoms. The molecule has 2 saturated heterocycles. The van der Waals surface area contributed by atoms with E-state index in [1.54, 1.807) is 11.8 Å². The minimum Gasteiger partial charge on any atom is -0.343 e. The Balaban J connectivity index is 1.72. The summed E-state index contributed by atoms with van der Waals surface area (Å²) in [5, 5.41) is 5.56. The van der Waals surface area contributed by atoms with Crippen molar-refractivity contribution in [2.75, 3.05) is 24.6 Å². The van der Waals surface area contributed by atoms with Crippen molar-refractivity contribution in [2.24, 2.45) is 0 Å². The fourth-order valence-corrected chi connectivity index (χ4v) is 4.33. The molecule has 0 aromatic carbocycles. The number of carbonyl (C=O) groups is 2. The topological polar surface area (TPSA) is 95.6 Å². The molecule has 0 spiro atoms. The maximum absolute atomic E-state index is 11.8. The molecule has 7 nitrogen and oxygen atoms in total. The molecular formula is C12H21N3O4S. The van der Waals surface area contributed by atoms with Crippen molar-refractivity contribution in [1.82, 2.24) is 15.5 Å². The minimum absolute atomic E-state index is 0.0310. The largest absolute Gasteiger partial charge is 0.343 e. The van der Waals surface area contributed by atoms with E-state index in [0.29, 0.717) is 19.5 Å². The van der Waals surface area contributed by atoms with Crippen LogP contribution in [0.15, 0.2) is 0 Å². The van der Waals surface area contributed by atoms with Gasteiger partial charge in [0, 0.05) is 32.1 Å². The summed E-state index contributed by atoms with van der Waals surface area (Å²) in [6, 6.07) is -0.547. The van der Waals surface area contributed by atoms with Crippen LogP contribution in [0.5, 0.6) is 0 Å². The van der Waals surface area contributed by atoms with Crippen LogP contribution in [0.25, 0.3) is 0 Å². The first kappa shape index (κ1) is 15.1. The number of piperidine rings is 1. The molecule has 2 fully saturated rings. The second kappa shape index (κ2) is 5.99. The smallest absolute Gasteiger partial charge is 0.315 e. The lowest BCUT2D eigenvalue weighted by atomic mass is 10.1. The van der Waals surface area contributed by atoms with E-state index < -0.39 is 9.84 Å². The third kappa shape index (κ3) is 4.09. The number of hydrogen-bond donors (Lipinski definition) is 2. The lowest BCUT2D eigenvalue weighted by Crippen LogP contribution is -2.50. The molecule has 0 radical (unpaired) electrons. The quantitative estimate of drug-likeness (QED) is 0.718. The standard InChI is InChI=1S/C12H21N3O4S/c1-9(16)15-5-2-10(3-6-15)13-12(17)14-11-4-7-20(18,19)8-11/h10-11H,2-8H2,1H3,(H2,13,14,17)/t11-/m0/s1. The average Bonchev–Trinajstić information content (AvgIpc) is 2.69. The number of rotatable bonds is 2. The Kier molecular flexibility index (Phi) is 4.52. The van der Waals surface area contributed by atoms with Crippen molar-refractivity contribution >= 4 is 21.8 Å². The van der Waals surface area contributed by atoms with Crippen LogP contribution >= 0.6 is 0 Å². The fraction of sp³-hybridized carbons (Fsp3) is 0.833. The zero-order valence-corrected chi connectivity index (χ0v) is 12.4. The number of nitrogens with zero attached hydrogens (tertiary/aromatic N) is 1. The zero-order chi connectivity index (χ0) is 14.8. The molecule has 0 saturated carbocycles. The van der Waals surface area contributed by atoms with Gasteiger partial charge in [-0.3, -0.25) is 4.79 Å². The van der Waals surface area contributed by atoms with Gasteiger partial charge in [0.25, 0.3) is 0 Å². The van der Waals surface area contributed by atoms with Crippen molar-refractivity contribution in [3.63, 3.8) is 0 Å². The van der Waals surface area contributed by atoms with Gasteiger partial charge in [0.15, 0.2) is 9.84 Å². The first-order valence-corrected chi connectivity index (χ1v) is 8.71. The van der Waals surface area contributed by atoms with Crippen molar-refractivity contribution in [2.45, 2.75) is 38.3 Å². The Morgan fingerprint density at radius 1 is 1.05 bits per heavy atom. The molecule has 2 N–H and O–H groups in total. The first-order chi connectivity index (χ1) is 9.35. The number of likely N-dealkylation sites (tertiary alicyclic amines) is 1. The summed E-state index contributed by atoms with van der Waals surface area (Å²) >= 11 is 0. The molecule has 20 heavy (non-hydrogen) atoms. The number of nitrogens with one attached hydrogen (secondary N) is 2. The lowest BCUT2D eigenvalue weighted by molar-refractivity contribution is -0.129. The molecule has 3 amide bonds. The highest BCUT2D eigenvalue weighted by molar-refractivity contribution is 7.91. The van der Waals surface area contributed by atoms with Gasteiger partial charge in [-0.1, -0.05) is 0 Å². The molecule has 114 valence electrons. The van der Waals surface area contributed by atoms with E-state index in [2.05, 4.69) is 10.6 Å². The van der Waals surface area contributed by atoms with Crippen molar-refractivity contribution in [1.29, 1.82) is 0 Å². The van der Waals surface area contributed by atoms with Crippen molar-refractivity contribution in [3.05, 3.63) is 0 Å². The summed E-state index contributed by atoms with van der Waals surface area (Å²) in [6.45, 7) is 2.84. The summed E-state index contributed by atoms with van der Waals surface area (Å²) in [5.74, 6) is 0.238. The van der Waals surface area contributed by atoms with Crippen LogP contribution in [0.1, 0.15) is 26.2 Å². The molecule has 0 aliphatic carbocycles. The normalized spacial score (nSPS) is 26.2. The predicted molar refractivity (Wildman–Crippen MR) is 74.0 cm³/mol. The van der Waals surface area contributed by atoms with Crippen LogP contribution in [0.4, 0.5) is 4.79 Å². The summed E-state index contributed by atoms with van der Waals surface area (Å²) in [5.41, 5.74) is 0. The summed E-state index contributed by atoms with van der Waals surface area (Å²) in [4.78, 5) is 24.7. The highest BCUT2D eigenvalue weighted by Gasteiger charge is 2.29. The molecule has 2 aliphatic rings. The number of amides is 3. The molecule has 1 atom stereocenters. The molecule has 2 aliphatic heterocycles. The Hall–Kier alpha value is -1.31. The molecule has 2 heterocycles. The van der Waals surface area contributed by atoms with Crippen LogP contribution in [-0.4, -0.2) is 61.9 Å². The van der Waals surface area contributed by atoms with Gasteiger partial charge in [-0.25, -0.2) is 13.2 Å². The Morgan fingerprint density at radius 2 is 1.65 bits per heavy atom. The number of sulfone groups is 1. The van der Waals surface area contributed by atoms with E-state index in [1.807, 2.05) is 0 Å². The molecule has 8 heteroatoms. The second-order valence-electron chi connectivity index (χ2n) is 5.50. The third-order valence-electron chi connectivity index (χ3n) is 3.84. The Bertz CT molecular complexity index is 483. The maximum atomic E-state index is 11.8. The third-order valence-corrected chi connectivity index (χ3v) is 5.61. The highest BCUT2D eigenvalue weighted by atomic mass is 32.2. The van der Waals surface area contributed by atoms with E-state index in [9.17, 15) is 18.0 Å². The van der Waals surface area contributed by atoms with Crippen molar-refractivity contribution in [3.8, 4) is 0 Å². The van der Waals surface area contributed by atoms with Gasteiger partial charge in [0.2, 0.25) is 5.91 Å². The van der Waals surface area contributed by atoms with Gasteiger partial charge in [0.05, 0.1) is 11.5 Å². The first-order valence-electron chi connectivity index (χ1n) is 6.89. The monoisotopic (exact) mass is 303 g/mol. The van der Waals surface area contributed by atoms with Crippen LogP contribution in [-0.2, 0) is 14.6 Å². The highest BCUT2D eigenvalue weighted by Crippen LogP contribution is 2.12. The average molecular weight is 303 g/mol. The number of carbonyl (C=O) groups excluding carboxylic acids is 2. The minimum atomic E-state index is -2.98. The molecular weight excluding hydrogens is 282 g/mol. The lowest BCUT2D eigenvalue weighted by Gasteiger charge is -2.31. The van der Waals surface area contributed by atoms with Crippen LogP contribution < -0.4 is 10.6 Å².